The molecule has 154 valence electrons. The second kappa shape index (κ2) is 8.24. The topological polar surface area (TPSA) is 106 Å². The molecular formula is C23H18N4O4. The van der Waals surface area contributed by atoms with Gasteiger partial charge in [0, 0.05) is 6.20 Å². The molecule has 8 nitrogen and oxygen atoms in total. The predicted molar refractivity (Wildman–Crippen MR) is 114 cm³/mol. The highest BCUT2D eigenvalue weighted by Gasteiger charge is 2.16. The van der Waals surface area contributed by atoms with Gasteiger partial charge in [-0.15, -0.1) is 0 Å². The van der Waals surface area contributed by atoms with E-state index >= 15 is 0 Å². The Labute approximate surface area is 176 Å². The number of carbonyl (C=O) groups is 1. The third-order valence-electron chi connectivity index (χ3n) is 4.90. The molecule has 3 aromatic heterocycles. The van der Waals surface area contributed by atoms with Crippen molar-refractivity contribution in [1.29, 1.82) is 5.26 Å². The molecule has 0 N–H and O–H groups in total. The minimum atomic E-state index is -0.597. The second-order valence-corrected chi connectivity index (χ2v) is 6.93. The van der Waals surface area contributed by atoms with E-state index in [4.69, 9.17) is 4.74 Å². The van der Waals surface area contributed by atoms with E-state index in [1.165, 1.54) is 27.2 Å². The van der Waals surface area contributed by atoms with Crippen LogP contribution in [0.3, 0.4) is 0 Å². The molecule has 4 rings (SSSR count). The van der Waals surface area contributed by atoms with Crippen LogP contribution in [0.25, 0.3) is 22.4 Å². The van der Waals surface area contributed by atoms with E-state index in [9.17, 15) is 19.6 Å². The quantitative estimate of drug-likeness (QED) is 0.282. The highest BCUT2D eigenvalue weighted by atomic mass is 16.5. The fraction of sp³-hybridized carbons (Fsp3) is 0.174. The van der Waals surface area contributed by atoms with Crippen molar-refractivity contribution in [2.45, 2.75) is 19.8 Å². The van der Waals surface area contributed by atoms with Crippen LogP contribution in [-0.2, 0) is 4.74 Å². The number of ether oxygens (including phenoxy) is 1. The average Bonchev–Trinajstić information content (AvgIpc) is 2.79. The molecule has 0 saturated heterocycles. The van der Waals surface area contributed by atoms with Crippen LogP contribution < -0.4 is 11.1 Å². The Morgan fingerprint density at radius 2 is 1.90 bits per heavy atom. The van der Waals surface area contributed by atoms with Gasteiger partial charge >= 0.3 is 5.97 Å². The van der Waals surface area contributed by atoms with E-state index in [0.29, 0.717) is 23.5 Å². The molecule has 0 saturated carbocycles. The van der Waals surface area contributed by atoms with Crippen molar-refractivity contribution in [2.75, 3.05) is 6.61 Å². The maximum absolute atomic E-state index is 13.0. The summed E-state index contributed by atoms with van der Waals surface area (Å²) in [4.78, 5) is 42.5. The predicted octanol–water partition coefficient (Wildman–Crippen LogP) is 2.83. The van der Waals surface area contributed by atoms with Gasteiger partial charge in [0.05, 0.1) is 23.2 Å². The summed E-state index contributed by atoms with van der Waals surface area (Å²) in [6, 6.07) is 14.4. The summed E-state index contributed by atoms with van der Waals surface area (Å²) in [7, 11) is 0. The molecule has 0 radical (unpaired) electrons. The average molecular weight is 414 g/mol. The third-order valence-corrected chi connectivity index (χ3v) is 4.90. The molecule has 0 aliphatic heterocycles. The van der Waals surface area contributed by atoms with Crippen LogP contribution in [0.1, 0.15) is 35.7 Å². The SMILES string of the molecule is CCCCOC(=O)c1ccc(-n2c(=O)c(C#N)cc3c(=O)n4ccccc4nc32)cc1. The molecule has 0 spiro atoms. The number of aromatic nitrogens is 3. The number of hydrogen-bond acceptors (Lipinski definition) is 6. The zero-order valence-electron chi connectivity index (χ0n) is 16.7. The third kappa shape index (κ3) is 3.57. The lowest BCUT2D eigenvalue weighted by atomic mass is 10.1. The standard InChI is InChI=1S/C23H18N4O4/c1-2-3-12-31-23(30)15-7-9-17(10-8-15)27-20-18(13-16(14-24)21(27)28)22(29)26-11-5-4-6-19(26)25-20/h4-11,13H,2-3,12H2,1H3. The highest BCUT2D eigenvalue weighted by molar-refractivity contribution is 5.89. The normalized spacial score (nSPS) is 10.8. The molecule has 1 aromatic carbocycles. The molecule has 0 atom stereocenters. The van der Waals surface area contributed by atoms with Crippen LogP contribution in [0.5, 0.6) is 0 Å². The number of carbonyl (C=O) groups excluding carboxylic acids is 1. The van der Waals surface area contributed by atoms with E-state index in [2.05, 4.69) is 4.98 Å². The van der Waals surface area contributed by atoms with Gasteiger partial charge in [0.1, 0.15) is 17.3 Å². The van der Waals surface area contributed by atoms with Gasteiger partial charge in [-0.2, -0.15) is 5.26 Å². The van der Waals surface area contributed by atoms with Gasteiger partial charge < -0.3 is 4.74 Å². The summed E-state index contributed by atoms with van der Waals surface area (Å²) >= 11 is 0. The minimum Gasteiger partial charge on any atom is -0.462 e. The molecule has 0 unspecified atom stereocenters. The largest absolute Gasteiger partial charge is 0.462 e. The maximum Gasteiger partial charge on any atom is 0.338 e. The Morgan fingerprint density at radius 3 is 2.61 bits per heavy atom. The highest BCUT2D eigenvalue weighted by Crippen LogP contribution is 2.16. The molecule has 0 amide bonds. The lowest BCUT2D eigenvalue weighted by Crippen LogP contribution is -2.26. The van der Waals surface area contributed by atoms with Crippen molar-refractivity contribution >= 4 is 22.6 Å². The number of fused-ring (bicyclic) bond motifs is 2. The Balaban J connectivity index is 1.90. The molecule has 0 fully saturated rings. The van der Waals surface area contributed by atoms with E-state index in [1.54, 1.807) is 36.5 Å². The molecule has 0 bridgehead atoms. The molecule has 0 aliphatic rings. The van der Waals surface area contributed by atoms with Crippen molar-refractivity contribution in [1.82, 2.24) is 14.0 Å². The van der Waals surface area contributed by atoms with Gasteiger partial charge in [-0.1, -0.05) is 19.4 Å². The summed E-state index contributed by atoms with van der Waals surface area (Å²) in [6.45, 7) is 2.34. The molecular weight excluding hydrogens is 396 g/mol. The number of unbranched alkanes of at least 4 members (excludes halogenated alkanes) is 1. The monoisotopic (exact) mass is 414 g/mol. The van der Waals surface area contributed by atoms with Crippen molar-refractivity contribution in [3.63, 3.8) is 0 Å². The van der Waals surface area contributed by atoms with E-state index in [1.807, 2.05) is 13.0 Å². The molecule has 3 heterocycles. The summed E-state index contributed by atoms with van der Waals surface area (Å²) in [5, 5.41) is 9.56. The Kier molecular flexibility index (Phi) is 5.33. The molecule has 31 heavy (non-hydrogen) atoms. The molecule has 4 aromatic rings. The number of esters is 1. The Bertz CT molecular complexity index is 1460. The number of rotatable bonds is 5. The van der Waals surface area contributed by atoms with Gasteiger partial charge in [0.2, 0.25) is 0 Å². The Hall–Kier alpha value is -4.25. The first-order chi connectivity index (χ1) is 15.0. The van der Waals surface area contributed by atoms with Gasteiger partial charge in [-0.05, 0) is 48.9 Å². The van der Waals surface area contributed by atoms with Crippen molar-refractivity contribution < 1.29 is 9.53 Å². The van der Waals surface area contributed by atoms with E-state index in [0.717, 1.165) is 12.8 Å². The van der Waals surface area contributed by atoms with Crippen molar-refractivity contribution in [3.05, 3.63) is 86.6 Å². The van der Waals surface area contributed by atoms with Crippen molar-refractivity contribution in [2.24, 2.45) is 0 Å². The van der Waals surface area contributed by atoms with Gasteiger partial charge in [0.25, 0.3) is 11.1 Å². The zero-order chi connectivity index (χ0) is 22.0. The second-order valence-electron chi connectivity index (χ2n) is 6.93. The summed E-state index contributed by atoms with van der Waals surface area (Å²) in [5.74, 6) is -0.453. The van der Waals surface area contributed by atoms with Crippen LogP contribution in [0.15, 0.2) is 64.3 Å². The van der Waals surface area contributed by atoms with Gasteiger partial charge in [-0.25, -0.2) is 9.78 Å². The molecule has 0 aliphatic carbocycles. The van der Waals surface area contributed by atoms with Crippen LogP contribution in [0.2, 0.25) is 0 Å². The number of hydrogen-bond donors (Lipinski definition) is 0. The van der Waals surface area contributed by atoms with Crippen LogP contribution in [0.4, 0.5) is 0 Å². The first-order valence-electron chi connectivity index (χ1n) is 9.80. The van der Waals surface area contributed by atoms with Crippen molar-refractivity contribution in [3.8, 4) is 11.8 Å². The zero-order valence-corrected chi connectivity index (χ0v) is 16.7. The lowest BCUT2D eigenvalue weighted by molar-refractivity contribution is 0.0500. The first-order valence-corrected chi connectivity index (χ1v) is 9.80. The summed E-state index contributed by atoms with van der Waals surface area (Å²) in [6.07, 6.45) is 3.27. The van der Waals surface area contributed by atoms with Gasteiger partial charge in [-0.3, -0.25) is 18.6 Å². The number of nitrogens with zero attached hydrogens (tertiary/aromatic N) is 4. The van der Waals surface area contributed by atoms with Gasteiger partial charge in [0.15, 0.2) is 5.65 Å². The van der Waals surface area contributed by atoms with Crippen LogP contribution in [-0.4, -0.2) is 26.5 Å². The van der Waals surface area contributed by atoms with E-state index < -0.39 is 11.5 Å². The summed E-state index contributed by atoms with van der Waals surface area (Å²) in [5.41, 5.74) is 0.0664. The van der Waals surface area contributed by atoms with E-state index in [-0.39, 0.29) is 22.2 Å². The first kappa shape index (κ1) is 20.0. The fourth-order valence-electron chi connectivity index (χ4n) is 3.27. The Morgan fingerprint density at radius 1 is 1.13 bits per heavy atom. The maximum atomic E-state index is 13.0. The summed E-state index contributed by atoms with van der Waals surface area (Å²) < 4.78 is 7.77. The number of pyridine rings is 2. The minimum absolute atomic E-state index is 0.137. The number of benzene rings is 1. The molecule has 8 heteroatoms. The smallest absolute Gasteiger partial charge is 0.338 e. The lowest BCUT2D eigenvalue weighted by Gasteiger charge is -2.12. The van der Waals surface area contributed by atoms with Crippen LogP contribution in [0, 0.1) is 11.3 Å². The van der Waals surface area contributed by atoms with Crippen LogP contribution >= 0.6 is 0 Å². The number of nitriles is 1. The fourth-order valence-corrected chi connectivity index (χ4v) is 3.27.